The van der Waals surface area contributed by atoms with Crippen molar-refractivity contribution in [2.45, 2.75) is 32.4 Å². The predicted octanol–water partition coefficient (Wildman–Crippen LogP) is 1.29. The van der Waals surface area contributed by atoms with Gasteiger partial charge in [0.25, 0.3) is 0 Å². The SMILES string of the molecule is CCN1CCCC1CNC(N)=NCc1cc(OC)ccc1O. The van der Waals surface area contributed by atoms with E-state index < -0.39 is 0 Å². The molecule has 1 atom stereocenters. The van der Waals surface area contributed by atoms with Gasteiger partial charge in [-0.2, -0.15) is 0 Å². The van der Waals surface area contributed by atoms with Crippen molar-refractivity contribution in [1.29, 1.82) is 0 Å². The van der Waals surface area contributed by atoms with Crippen molar-refractivity contribution in [3.8, 4) is 11.5 Å². The average molecular weight is 306 g/mol. The van der Waals surface area contributed by atoms with E-state index in [9.17, 15) is 5.11 Å². The second-order valence-corrected chi connectivity index (χ2v) is 5.50. The largest absolute Gasteiger partial charge is 0.508 e. The Labute approximate surface area is 132 Å². The van der Waals surface area contributed by atoms with E-state index in [1.54, 1.807) is 25.3 Å². The molecular weight excluding hydrogens is 280 g/mol. The van der Waals surface area contributed by atoms with Crippen molar-refractivity contribution in [1.82, 2.24) is 10.2 Å². The lowest BCUT2D eigenvalue weighted by atomic mass is 10.2. The maximum atomic E-state index is 9.82. The minimum Gasteiger partial charge on any atom is -0.508 e. The maximum Gasteiger partial charge on any atom is 0.188 e. The number of phenolic OH excluding ortho intramolecular Hbond substituents is 1. The van der Waals surface area contributed by atoms with E-state index in [1.807, 2.05) is 0 Å². The Morgan fingerprint density at radius 1 is 1.55 bits per heavy atom. The number of aliphatic imine (C=N–C) groups is 1. The summed E-state index contributed by atoms with van der Waals surface area (Å²) in [4.78, 5) is 6.74. The second-order valence-electron chi connectivity index (χ2n) is 5.50. The second kappa shape index (κ2) is 7.89. The third-order valence-electron chi connectivity index (χ3n) is 4.13. The summed E-state index contributed by atoms with van der Waals surface area (Å²) in [5.74, 6) is 1.30. The third-order valence-corrected chi connectivity index (χ3v) is 4.13. The van der Waals surface area contributed by atoms with E-state index in [0.717, 1.165) is 19.6 Å². The summed E-state index contributed by atoms with van der Waals surface area (Å²) in [6.45, 7) is 5.55. The minimum atomic E-state index is 0.199. The van der Waals surface area contributed by atoms with E-state index >= 15 is 0 Å². The molecule has 1 aromatic carbocycles. The highest BCUT2D eigenvalue weighted by Gasteiger charge is 2.22. The average Bonchev–Trinajstić information content (AvgIpc) is 2.99. The Morgan fingerprint density at radius 2 is 2.36 bits per heavy atom. The fourth-order valence-electron chi connectivity index (χ4n) is 2.81. The molecule has 0 aromatic heterocycles. The number of methoxy groups -OCH3 is 1. The fraction of sp³-hybridized carbons (Fsp3) is 0.562. The quantitative estimate of drug-likeness (QED) is 0.545. The Hall–Kier alpha value is -1.95. The predicted molar refractivity (Wildman–Crippen MR) is 88.3 cm³/mol. The zero-order valence-electron chi connectivity index (χ0n) is 13.4. The third kappa shape index (κ3) is 4.27. The number of phenols is 1. The van der Waals surface area contributed by atoms with Crippen LogP contribution in [0, 0.1) is 0 Å². The van der Waals surface area contributed by atoms with Crippen LogP contribution in [0.3, 0.4) is 0 Å². The molecule has 4 N–H and O–H groups in total. The lowest BCUT2D eigenvalue weighted by Gasteiger charge is -2.23. The molecular formula is C16H26N4O2. The first-order chi connectivity index (χ1) is 10.6. The summed E-state index contributed by atoms with van der Waals surface area (Å²) >= 11 is 0. The van der Waals surface area contributed by atoms with Gasteiger partial charge in [-0.3, -0.25) is 4.90 Å². The Balaban J connectivity index is 1.87. The molecule has 0 radical (unpaired) electrons. The van der Waals surface area contributed by atoms with E-state index in [2.05, 4.69) is 22.1 Å². The highest BCUT2D eigenvalue weighted by molar-refractivity contribution is 5.77. The topological polar surface area (TPSA) is 83.1 Å². The van der Waals surface area contributed by atoms with Gasteiger partial charge in [0.05, 0.1) is 13.7 Å². The van der Waals surface area contributed by atoms with E-state index in [4.69, 9.17) is 10.5 Å². The molecule has 6 nitrogen and oxygen atoms in total. The monoisotopic (exact) mass is 306 g/mol. The standard InChI is InChI=1S/C16H26N4O2/c1-3-20-8-4-5-13(20)11-19-16(17)18-10-12-9-14(22-2)6-7-15(12)21/h6-7,9,13,21H,3-5,8,10-11H2,1-2H3,(H3,17,18,19). The fourth-order valence-corrected chi connectivity index (χ4v) is 2.81. The van der Waals surface area contributed by atoms with E-state index in [0.29, 0.717) is 29.9 Å². The van der Waals surface area contributed by atoms with Gasteiger partial charge in [-0.1, -0.05) is 6.92 Å². The van der Waals surface area contributed by atoms with Crippen LogP contribution in [0.25, 0.3) is 0 Å². The van der Waals surface area contributed by atoms with Crippen LogP contribution in [0.5, 0.6) is 11.5 Å². The van der Waals surface area contributed by atoms with E-state index in [-0.39, 0.29) is 5.75 Å². The summed E-state index contributed by atoms with van der Waals surface area (Å²) in [6.07, 6.45) is 2.44. The van der Waals surface area contributed by atoms with Crippen LogP contribution < -0.4 is 15.8 Å². The Bertz CT molecular complexity index is 519. The number of nitrogens with zero attached hydrogens (tertiary/aromatic N) is 2. The molecule has 1 saturated heterocycles. The molecule has 1 aliphatic heterocycles. The molecule has 1 unspecified atom stereocenters. The number of likely N-dealkylation sites (tertiary alicyclic amines) is 1. The van der Waals surface area contributed by atoms with Gasteiger partial charge in [-0.15, -0.1) is 0 Å². The Kier molecular flexibility index (Phi) is 5.89. The summed E-state index contributed by atoms with van der Waals surface area (Å²) < 4.78 is 5.14. The molecule has 6 heteroatoms. The number of rotatable bonds is 6. The first-order valence-electron chi connectivity index (χ1n) is 7.77. The van der Waals surface area contributed by atoms with Gasteiger partial charge in [0.1, 0.15) is 11.5 Å². The highest BCUT2D eigenvalue weighted by atomic mass is 16.5. The van der Waals surface area contributed by atoms with Gasteiger partial charge in [0.15, 0.2) is 5.96 Å². The molecule has 0 saturated carbocycles. The number of nitrogens with one attached hydrogen (secondary N) is 1. The van der Waals surface area contributed by atoms with Crippen LogP contribution in [0.2, 0.25) is 0 Å². The van der Waals surface area contributed by atoms with Gasteiger partial charge < -0.3 is 20.9 Å². The smallest absolute Gasteiger partial charge is 0.188 e. The summed E-state index contributed by atoms with van der Waals surface area (Å²) in [5, 5.41) is 13.0. The first-order valence-corrected chi connectivity index (χ1v) is 7.77. The van der Waals surface area contributed by atoms with Crippen LogP contribution in [-0.4, -0.2) is 48.8 Å². The number of hydrogen-bond donors (Lipinski definition) is 3. The van der Waals surface area contributed by atoms with Gasteiger partial charge in [-0.25, -0.2) is 4.99 Å². The maximum absolute atomic E-state index is 9.82. The first kappa shape index (κ1) is 16.4. The molecule has 1 fully saturated rings. The number of guanidine groups is 1. The van der Waals surface area contributed by atoms with Gasteiger partial charge >= 0.3 is 0 Å². The lowest BCUT2D eigenvalue weighted by molar-refractivity contribution is 0.267. The summed E-state index contributed by atoms with van der Waals surface area (Å²) in [7, 11) is 1.59. The Morgan fingerprint density at radius 3 is 3.09 bits per heavy atom. The van der Waals surface area contributed by atoms with Crippen LogP contribution in [0.1, 0.15) is 25.3 Å². The zero-order valence-corrected chi connectivity index (χ0v) is 13.4. The van der Waals surface area contributed by atoms with Gasteiger partial charge in [0, 0.05) is 18.2 Å². The zero-order chi connectivity index (χ0) is 15.9. The van der Waals surface area contributed by atoms with Gasteiger partial charge in [0.2, 0.25) is 0 Å². The summed E-state index contributed by atoms with van der Waals surface area (Å²) in [6, 6.07) is 5.61. The lowest BCUT2D eigenvalue weighted by Crippen LogP contribution is -2.42. The number of aromatic hydroxyl groups is 1. The molecule has 2 rings (SSSR count). The van der Waals surface area contributed by atoms with Crippen LogP contribution in [-0.2, 0) is 6.54 Å². The van der Waals surface area contributed by atoms with Crippen LogP contribution in [0.15, 0.2) is 23.2 Å². The number of likely N-dealkylation sites (N-methyl/N-ethyl adjacent to an activating group) is 1. The van der Waals surface area contributed by atoms with Crippen LogP contribution >= 0.6 is 0 Å². The summed E-state index contributed by atoms with van der Waals surface area (Å²) in [5.41, 5.74) is 6.61. The molecule has 1 aromatic rings. The molecule has 122 valence electrons. The molecule has 0 amide bonds. The van der Waals surface area contributed by atoms with Gasteiger partial charge in [-0.05, 0) is 44.1 Å². The number of ether oxygens (including phenoxy) is 1. The molecule has 0 aliphatic carbocycles. The number of nitrogens with two attached hydrogens (primary N) is 1. The van der Waals surface area contributed by atoms with E-state index in [1.165, 1.54) is 12.8 Å². The normalized spacial score (nSPS) is 19.4. The van der Waals surface area contributed by atoms with Crippen molar-refractivity contribution < 1.29 is 9.84 Å². The van der Waals surface area contributed by atoms with Crippen LogP contribution in [0.4, 0.5) is 0 Å². The molecule has 0 spiro atoms. The van der Waals surface area contributed by atoms with Crippen molar-refractivity contribution in [3.63, 3.8) is 0 Å². The van der Waals surface area contributed by atoms with Crippen molar-refractivity contribution >= 4 is 5.96 Å². The number of benzene rings is 1. The number of hydrogen-bond acceptors (Lipinski definition) is 4. The van der Waals surface area contributed by atoms with Crippen molar-refractivity contribution in [2.24, 2.45) is 10.7 Å². The molecule has 22 heavy (non-hydrogen) atoms. The highest BCUT2D eigenvalue weighted by Crippen LogP contribution is 2.23. The molecule has 1 aliphatic rings. The minimum absolute atomic E-state index is 0.199. The molecule has 0 bridgehead atoms. The van der Waals surface area contributed by atoms with Crippen molar-refractivity contribution in [2.75, 3.05) is 26.7 Å². The van der Waals surface area contributed by atoms with Crippen molar-refractivity contribution in [3.05, 3.63) is 23.8 Å². The molecule has 1 heterocycles.